The monoisotopic (exact) mass is 378 g/mol. The van der Waals surface area contributed by atoms with Gasteiger partial charge < -0.3 is 10.0 Å². The van der Waals surface area contributed by atoms with Gasteiger partial charge in [0, 0.05) is 11.0 Å². The molecule has 0 spiro atoms. The van der Waals surface area contributed by atoms with Crippen molar-refractivity contribution in [2.75, 3.05) is 6.54 Å². The molecule has 1 aliphatic rings. The van der Waals surface area contributed by atoms with Gasteiger partial charge in [0.05, 0.1) is 12.5 Å². The average Bonchev–Trinajstić information content (AvgIpc) is 3.15. The molecule has 1 saturated heterocycles. The van der Waals surface area contributed by atoms with E-state index in [1.54, 1.807) is 4.90 Å². The molecule has 23 heavy (non-hydrogen) atoms. The van der Waals surface area contributed by atoms with E-state index in [0.717, 1.165) is 16.5 Å². The van der Waals surface area contributed by atoms with Gasteiger partial charge in [-0.25, -0.2) is 4.79 Å². The molecule has 0 saturated carbocycles. The zero-order valence-electron chi connectivity index (χ0n) is 12.2. The van der Waals surface area contributed by atoms with E-state index in [1.165, 1.54) is 0 Å². The maximum Gasteiger partial charge on any atom is 0.358 e. The van der Waals surface area contributed by atoms with E-state index < -0.39 is 5.97 Å². The molecule has 1 unspecified atom stereocenters. The fourth-order valence-corrected chi connectivity index (χ4v) is 3.35. The second-order valence-electron chi connectivity index (χ2n) is 5.41. The number of benzene rings is 1. The third kappa shape index (κ3) is 3.26. The van der Waals surface area contributed by atoms with Gasteiger partial charge in [0.2, 0.25) is 5.91 Å². The van der Waals surface area contributed by atoms with Crippen molar-refractivity contribution >= 4 is 27.8 Å². The Labute approximate surface area is 140 Å². The summed E-state index contributed by atoms with van der Waals surface area (Å²) >= 11 is 3.39. The standard InChI is InChI=1S/C15H15BrN4O3/c16-10-4-1-3-9(7-10)8-12(21)20-6-2-5-11(20)13-14(15(22)23)18-19-17-13/h1,3-4,7,11H,2,5-6,8H2,(H,22,23)(H,17,18,19). The summed E-state index contributed by atoms with van der Waals surface area (Å²) in [7, 11) is 0. The number of amides is 1. The number of rotatable bonds is 4. The van der Waals surface area contributed by atoms with E-state index in [9.17, 15) is 14.7 Å². The smallest absolute Gasteiger partial charge is 0.358 e. The summed E-state index contributed by atoms with van der Waals surface area (Å²) in [5.74, 6) is -1.18. The van der Waals surface area contributed by atoms with Crippen LogP contribution in [0.1, 0.15) is 40.6 Å². The van der Waals surface area contributed by atoms with Crippen LogP contribution in [0, 0.1) is 0 Å². The molecule has 7 nitrogen and oxygen atoms in total. The minimum atomic E-state index is -1.14. The summed E-state index contributed by atoms with van der Waals surface area (Å²) in [4.78, 5) is 25.5. The summed E-state index contributed by atoms with van der Waals surface area (Å²) < 4.78 is 0.922. The largest absolute Gasteiger partial charge is 0.476 e. The van der Waals surface area contributed by atoms with Gasteiger partial charge in [-0.1, -0.05) is 28.1 Å². The highest BCUT2D eigenvalue weighted by atomic mass is 79.9. The van der Waals surface area contributed by atoms with Gasteiger partial charge in [0.25, 0.3) is 0 Å². The lowest BCUT2D eigenvalue weighted by Crippen LogP contribution is -2.32. The Morgan fingerprint density at radius 3 is 2.96 bits per heavy atom. The number of carboxylic acids is 1. The third-order valence-electron chi connectivity index (χ3n) is 3.91. The van der Waals surface area contributed by atoms with Crippen molar-refractivity contribution in [3.8, 4) is 0 Å². The molecule has 0 aliphatic carbocycles. The van der Waals surface area contributed by atoms with Crippen molar-refractivity contribution in [3.05, 3.63) is 45.7 Å². The third-order valence-corrected chi connectivity index (χ3v) is 4.40. The van der Waals surface area contributed by atoms with Crippen molar-refractivity contribution in [1.29, 1.82) is 0 Å². The Hall–Kier alpha value is -2.22. The van der Waals surface area contributed by atoms with E-state index in [1.807, 2.05) is 24.3 Å². The number of carboxylic acid groups (broad SMARTS) is 1. The summed E-state index contributed by atoms with van der Waals surface area (Å²) in [5.41, 5.74) is 1.13. The van der Waals surface area contributed by atoms with Gasteiger partial charge >= 0.3 is 5.97 Å². The molecule has 120 valence electrons. The first kappa shape index (κ1) is 15.7. The van der Waals surface area contributed by atoms with Gasteiger partial charge in [-0.3, -0.25) is 4.79 Å². The number of carbonyl (C=O) groups is 2. The summed E-state index contributed by atoms with van der Waals surface area (Å²) in [5, 5.41) is 19.1. The first-order valence-electron chi connectivity index (χ1n) is 7.24. The predicted octanol–water partition coefficient (Wildman–Crippen LogP) is 2.17. The summed E-state index contributed by atoms with van der Waals surface area (Å²) in [6.07, 6.45) is 1.79. The Morgan fingerprint density at radius 1 is 1.39 bits per heavy atom. The number of nitrogens with one attached hydrogen (secondary N) is 1. The van der Waals surface area contributed by atoms with E-state index in [2.05, 4.69) is 31.3 Å². The van der Waals surface area contributed by atoms with Crippen molar-refractivity contribution < 1.29 is 14.7 Å². The number of carbonyl (C=O) groups excluding carboxylic acids is 1. The van der Waals surface area contributed by atoms with Crippen LogP contribution in [-0.2, 0) is 11.2 Å². The molecule has 1 amide bonds. The average molecular weight is 379 g/mol. The molecular formula is C15H15BrN4O3. The molecule has 2 heterocycles. The second-order valence-corrected chi connectivity index (χ2v) is 6.33. The molecule has 1 fully saturated rings. The molecule has 0 bridgehead atoms. The molecular weight excluding hydrogens is 364 g/mol. The van der Waals surface area contributed by atoms with E-state index in [0.29, 0.717) is 18.7 Å². The molecule has 0 radical (unpaired) electrons. The van der Waals surface area contributed by atoms with Crippen LogP contribution in [0.4, 0.5) is 0 Å². The topological polar surface area (TPSA) is 99.2 Å². The molecule has 3 rings (SSSR count). The second kappa shape index (κ2) is 6.49. The number of nitrogens with zero attached hydrogens (tertiary/aromatic N) is 3. The van der Waals surface area contributed by atoms with Crippen LogP contribution >= 0.6 is 15.9 Å². The zero-order chi connectivity index (χ0) is 16.4. The van der Waals surface area contributed by atoms with E-state index in [-0.39, 0.29) is 24.1 Å². The van der Waals surface area contributed by atoms with Crippen LogP contribution in [0.15, 0.2) is 28.7 Å². The van der Waals surface area contributed by atoms with Crippen LogP contribution < -0.4 is 0 Å². The molecule has 8 heteroatoms. The van der Waals surface area contributed by atoms with Gasteiger partial charge in [0.1, 0.15) is 5.69 Å². The lowest BCUT2D eigenvalue weighted by Gasteiger charge is -2.23. The first-order valence-corrected chi connectivity index (χ1v) is 8.03. The van der Waals surface area contributed by atoms with E-state index in [4.69, 9.17) is 0 Å². The molecule has 2 aromatic rings. The van der Waals surface area contributed by atoms with Crippen molar-refractivity contribution in [3.63, 3.8) is 0 Å². The number of hydrogen-bond donors (Lipinski definition) is 2. The Morgan fingerprint density at radius 2 is 2.22 bits per heavy atom. The predicted molar refractivity (Wildman–Crippen MR) is 84.9 cm³/mol. The Bertz CT molecular complexity index is 746. The van der Waals surface area contributed by atoms with Gasteiger partial charge in [-0.15, -0.1) is 5.10 Å². The lowest BCUT2D eigenvalue weighted by atomic mass is 10.1. The van der Waals surface area contributed by atoms with Gasteiger partial charge in [0.15, 0.2) is 5.69 Å². The highest BCUT2D eigenvalue weighted by molar-refractivity contribution is 9.10. The molecule has 2 N–H and O–H groups in total. The maximum absolute atomic E-state index is 12.6. The fourth-order valence-electron chi connectivity index (χ4n) is 2.90. The lowest BCUT2D eigenvalue weighted by molar-refractivity contribution is -0.131. The maximum atomic E-state index is 12.6. The normalized spacial score (nSPS) is 17.4. The first-order chi connectivity index (χ1) is 11.1. The van der Waals surface area contributed by atoms with Gasteiger partial charge in [-0.2, -0.15) is 10.3 Å². The van der Waals surface area contributed by atoms with Crippen LogP contribution in [0.3, 0.4) is 0 Å². The van der Waals surface area contributed by atoms with Crippen molar-refractivity contribution in [2.45, 2.75) is 25.3 Å². The molecule has 1 aliphatic heterocycles. The van der Waals surface area contributed by atoms with Crippen molar-refractivity contribution in [1.82, 2.24) is 20.3 Å². The Balaban J connectivity index is 1.80. The minimum Gasteiger partial charge on any atom is -0.476 e. The van der Waals surface area contributed by atoms with Gasteiger partial charge in [-0.05, 0) is 30.5 Å². The number of aromatic nitrogens is 3. The Kier molecular flexibility index (Phi) is 4.42. The number of aromatic carboxylic acids is 1. The summed E-state index contributed by atoms with van der Waals surface area (Å²) in [6, 6.07) is 7.25. The highest BCUT2D eigenvalue weighted by Crippen LogP contribution is 2.32. The van der Waals surface area contributed by atoms with Crippen LogP contribution in [0.2, 0.25) is 0 Å². The molecule has 1 aromatic heterocycles. The van der Waals surface area contributed by atoms with Crippen molar-refractivity contribution in [2.24, 2.45) is 0 Å². The fraction of sp³-hybridized carbons (Fsp3) is 0.333. The van der Waals surface area contributed by atoms with Crippen LogP contribution in [0.25, 0.3) is 0 Å². The quantitative estimate of drug-likeness (QED) is 0.848. The minimum absolute atomic E-state index is 0.0371. The zero-order valence-corrected chi connectivity index (χ0v) is 13.8. The van der Waals surface area contributed by atoms with E-state index >= 15 is 0 Å². The number of aromatic amines is 1. The molecule has 1 atom stereocenters. The van der Waals surface area contributed by atoms with Crippen LogP contribution in [0.5, 0.6) is 0 Å². The number of halogens is 1. The SMILES string of the molecule is O=C(O)c1n[nH]nc1C1CCCN1C(=O)Cc1cccc(Br)c1. The number of hydrogen-bond acceptors (Lipinski definition) is 4. The number of likely N-dealkylation sites (tertiary alicyclic amines) is 1. The van der Waals surface area contributed by atoms with Crippen LogP contribution in [-0.4, -0.2) is 43.8 Å². The highest BCUT2D eigenvalue weighted by Gasteiger charge is 2.35. The summed E-state index contributed by atoms with van der Waals surface area (Å²) in [6.45, 7) is 0.601. The number of H-pyrrole nitrogens is 1. The molecule has 1 aromatic carbocycles.